The predicted molar refractivity (Wildman–Crippen MR) is 103 cm³/mol. The maximum absolute atomic E-state index is 12.4. The van der Waals surface area contributed by atoms with Crippen molar-refractivity contribution in [3.8, 4) is 5.75 Å². The Morgan fingerprint density at radius 1 is 1.04 bits per heavy atom. The van der Waals surface area contributed by atoms with Crippen LogP contribution in [0.2, 0.25) is 0 Å². The summed E-state index contributed by atoms with van der Waals surface area (Å²) in [4.78, 5) is 17.3. The van der Waals surface area contributed by atoms with Crippen LogP contribution in [0.15, 0.2) is 48.5 Å². The number of rotatable bonds is 6. The Hall–Kier alpha value is -2.37. The Morgan fingerprint density at radius 3 is 2.50 bits per heavy atom. The van der Waals surface area contributed by atoms with Crippen LogP contribution < -0.4 is 10.1 Å². The molecule has 0 aromatic heterocycles. The quantitative estimate of drug-likeness (QED) is 0.866. The van der Waals surface area contributed by atoms with Crippen molar-refractivity contribution in [2.45, 2.75) is 13.1 Å². The Kier molecular flexibility index (Phi) is 6.26. The average molecular weight is 353 g/mol. The average Bonchev–Trinajstić information content (AvgIpc) is 2.69. The number of amides is 1. The molecule has 1 fully saturated rings. The Labute approximate surface area is 155 Å². The summed E-state index contributed by atoms with van der Waals surface area (Å²) in [5.41, 5.74) is 3.06. The van der Waals surface area contributed by atoms with Crippen LogP contribution in [0.25, 0.3) is 0 Å². The first-order valence-corrected chi connectivity index (χ1v) is 9.05. The number of ether oxygens (including phenoxy) is 1. The lowest BCUT2D eigenvalue weighted by atomic mass is 10.1. The minimum Gasteiger partial charge on any atom is -0.497 e. The summed E-state index contributed by atoms with van der Waals surface area (Å²) in [5.74, 6) is 0.603. The lowest BCUT2D eigenvalue weighted by molar-refractivity contribution is 0.0950. The van der Waals surface area contributed by atoms with E-state index in [1.165, 1.54) is 11.1 Å². The van der Waals surface area contributed by atoms with Gasteiger partial charge in [-0.2, -0.15) is 0 Å². The van der Waals surface area contributed by atoms with Crippen molar-refractivity contribution in [3.63, 3.8) is 0 Å². The zero-order valence-corrected chi connectivity index (χ0v) is 15.6. The molecule has 0 saturated carbocycles. The molecule has 3 rings (SSSR count). The van der Waals surface area contributed by atoms with Gasteiger partial charge >= 0.3 is 0 Å². The molecule has 1 N–H and O–H groups in total. The number of likely N-dealkylation sites (N-methyl/N-ethyl adjacent to an activating group) is 1. The SMILES string of the molecule is COc1cccc(C(=O)NCc2ccccc2CN2CCN(C)CC2)c1. The number of hydrogen-bond acceptors (Lipinski definition) is 4. The molecular formula is C21H27N3O2. The highest BCUT2D eigenvalue weighted by molar-refractivity contribution is 5.94. The number of methoxy groups -OCH3 is 1. The van der Waals surface area contributed by atoms with Gasteiger partial charge in [0.05, 0.1) is 7.11 Å². The maximum Gasteiger partial charge on any atom is 0.251 e. The van der Waals surface area contributed by atoms with Crippen molar-refractivity contribution in [1.29, 1.82) is 0 Å². The highest BCUT2D eigenvalue weighted by Gasteiger charge is 2.15. The molecule has 26 heavy (non-hydrogen) atoms. The number of hydrogen-bond donors (Lipinski definition) is 1. The summed E-state index contributed by atoms with van der Waals surface area (Å²) in [6.07, 6.45) is 0. The zero-order chi connectivity index (χ0) is 18.4. The van der Waals surface area contributed by atoms with Gasteiger partial charge in [0.2, 0.25) is 0 Å². The van der Waals surface area contributed by atoms with Crippen LogP contribution in [-0.4, -0.2) is 56.0 Å². The minimum absolute atomic E-state index is 0.0849. The zero-order valence-electron chi connectivity index (χ0n) is 15.6. The van der Waals surface area contributed by atoms with Gasteiger partial charge in [-0.05, 0) is 36.4 Å². The molecule has 0 atom stereocenters. The predicted octanol–water partition coefficient (Wildman–Crippen LogP) is 2.37. The first kappa shape index (κ1) is 18.4. The topological polar surface area (TPSA) is 44.8 Å². The molecule has 5 nitrogen and oxygen atoms in total. The van der Waals surface area contributed by atoms with Gasteiger partial charge in [0.15, 0.2) is 0 Å². The lowest BCUT2D eigenvalue weighted by Crippen LogP contribution is -2.44. The van der Waals surface area contributed by atoms with E-state index in [4.69, 9.17) is 4.74 Å². The van der Waals surface area contributed by atoms with Crippen molar-refractivity contribution in [3.05, 3.63) is 65.2 Å². The molecule has 0 unspecified atom stereocenters. The second-order valence-corrected chi connectivity index (χ2v) is 6.76. The summed E-state index contributed by atoms with van der Waals surface area (Å²) in [7, 11) is 3.77. The summed E-state index contributed by atoms with van der Waals surface area (Å²) in [6, 6.07) is 15.6. The molecule has 1 amide bonds. The Balaban J connectivity index is 1.62. The van der Waals surface area contributed by atoms with Crippen molar-refractivity contribution >= 4 is 5.91 Å². The Bertz CT molecular complexity index is 740. The fraction of sp³-hybridized carbons (Fsp3) is 0.381. The molecule has 0 bridgehead atoms. The van der Waals surface area contributed by atoms with Crippen LogP contribution >= 0.6 is 0 Å². The number of piperazine rings is 1. The second-order valence-electron chi connectivity index (χ2n) is 6.76. The van der Waals surface area contributed by atoms with Crippen LogP contribution in [-0.2, 0) is 13.1 Å². The maximum atomic E-state index is 12.4. The van der Waals surface area contributed by atoms with Crippen molar-refractivity contribution in [2.24, 2.45) is 0 Å². The summed E-state index contributed by atoms with van der Waals surface area (Å²) < 4.78 is 5.19. The summed E-state index contributed by atoms with van der Waals surface area (Å²) >= 11 is 0. The van der Waals surface area contributed by atoms with E-state index in [0.717, 1.165) is 32.7 Å². The second kappa shape index (κ2) is 8.83. The van der Waals surface area contributed by atoms with Gasteiger partial charge in [0, 0.05) is 44.8 Å². The van der Waals surface area contributed by atoms with Gasteiger partial charge < -0.3 is 15.0 Å². The molecule has 0 radical (unpaired) electrons. The highest BCUT2D eigenvalue weighted by Crippen LogP contribution is 2.15. The minimum atomic E-state index is -0.0849. The third-order valence-electron chi connectivity index (χ3n) is 4.88. The van der Waals surface area contributed by atoms with Crippen molar-refractivity contribution in [2.75, 3.05) is 40.3 Å². The smallest absolute Gasteiger partial charge is 0.251 e. The number of nitrogens with zero attached hydrogens (tertiary/aromatic N) is 2. The van der Waals surface area contributed by atoms with E-state index in [2.05, 4.69) is 40.4 Å². The molecule has 0 aliphatic carbocycles. The molecule has 1 aliphatic rings. The molecule has 2 aromatic rings. The van der Waals surface area contributed by atoms with Crippen LogP contribution in [0, 0.1) is 0 Å². The standard InChI is InChI=1S/C21H27N3O2/c1-23-10-12-24(13-11-23)16-19-7-4-3-6-18(19)15-22-21(25)17-8-5-9-20(14-17)26-2/h3-9,14H,10-13,15-16H2,1-2H3,(H,22,25). The summed E-state index contributed by atoms with van der Waals surface area (Å²) in [5, 5.41) is 3.03. The van der Waals surface area contributed by atoms with Gasteiger partial charge in [0.25, 0.3) is 5.91 Å². The fourth-order valence-electron chi connectivity index (χ4n) is 3.17. The number of carbonyl (C=O) groups is 1. The first-order valence-electron chi connectivity index (χ1n) is 9.05. The van der Waals surface area contributed by atoms with Gasteiger partial charge in [-0.1, -0.05) is 30.3 Å². The molecule has 2 aromatic carbocycles. The largest absolute Gasteiger partial charge is 0.497 e. The number of benzene rings is 2. The third kappa shape index (κ3) is 4.84. The van der Waals surface area contributed by atoms with Gasteiger partial charge in [-0.25, -0.2) is 0 Å². The van der Waals surface area contributed by atoms with Crippen LogP contribution in [0.4, 0.5) is 0 Å². The molecular weight excluding hydrogens is 326 g/mol. The molecule has 1 saturated heterocycles. The van der Waals surface area contributed by atoms with Gasteiger partial charge in [-0.15, -0.1) is 0 Å². The van der Waals surface area contributed by atoms with E-state index in [1.807, 2.05) is 18.2 Å². The van der Waals surface area contributed by atoms with Crippen molar-refractivity contribution < 1.29 is 9.53 Å². The molecule has 1 heterocycles. The van der Waals surface area contributed by atoms with Gasteiger partial charge in [0.1, 0.15) is 5.75 Å². The number of carbonyl (C=O) groups excluding carboxylic acids is 1. The molecule has 0 spiro atoms. The van der Waals surface area contributed by atoms with Crippen molar-refractivity contribution in [1.82, 2.24) is 15.1 Å². The van der Waals surface area contributed by atoms with E-state index in [0.29, 0.717) is 17.9 Å². The molecule has 1 aliphatic heterocycles. The molecule has 5 heteroatoms. The first-order chi connectivity index (χ1) is 12.7. The van der Waals surface area contributed by atoms with E-state index < -0.39 is 0 Å². The normalized spacial score (nSPS) is 15.6. The fourth-order valence-corrected chi connectivity index (χ4v) is 3.17. The van der Waals surface area contributed by atoms with Gasteiger partial charge in [-0.3, -0.25) is 9.69 Å². The Morgan fingerprint density at radius 2 is 1.77 bits per heavy atom. The monoisotopic (exact) mass is 353 g/mol. The molecule has 138 valence electrons. The van der Waals surface area contributed by atoms with Crippen LogP contribution in [0.5, 0.6) is 5.75 Å². The van der Waals surface area contributed by atoms with E-state index in [9.17, 15) is 4.79 Å². The highest BCUT2D eigenvalue weighted by atomic mass is 16.5. The lowest BCUT2D eigenvalue weighted by Gasteiger charge is -2.32. The van der Waals surface area contributed by atoms with Crippen LogP contribution in [0.3, 0.4) is 0 Å². The van der Waals surface area contributed by atoms with E-state index >= 15 is 0 Å². The third-order valence-corrected chi connectivity index (χ3v) is 4.88. The van der Waals surface area contributed by atoms with Crippen LogP contribution in [0.1, 0.15) is 21.5 Å². The summed E-state index contributed by atoms with van der Waals surface area (Å²) in [6.45, 7) is 5.84. The number of nitrogens with one attached hydrogen (secondary N) is 1. The van der Waals surface area contributed by atoms with E-state index in [1.54, 1.807) is 19.2 Å². The van der Waals surface area contributed by atoms with E-state index in [-0.39, 0.29) is 5.91 Å².